The van der Waals surface area contributed by atoms with Crippen LogP contribution in [0, 0.1) is 5.92 Å². The van der Waals surface area contributed by atoms with Gasteiger partial charge in [0.25, 0.3) is 0 Å². The molecule has 2 amide bonds. The van der Waals surface area contributed by atoms with Crippen LogP contribution in [0.3, 0.4) is 0 Å². The van der Waals surface area contributed by atoms with Crippen LogP contribution in [0.5, 0.6) is 5.75 Å². The molecule has 1 aromatic rings. The van der Waals surface area contributed by atoms with E-state index in [9.17, 15) is 4.79 Å². The van der Waals surface area contributed by atoms with Crippen molar-refractivity contribution >= 4 is 6.03 Å². The largest absolute Gasteiger partial charge is 0.497 e. The van der Waals surface area contributed by atoms with Crippen LogP contribution in [0.1, 0.15) is 12.0 Å². The number of likely N-dealkylation sites (tertiary alicyclic amines) is 1. The van der Waals surface area contributed by atoms with Crippen LogP contribution in [0.4, 0.5) is 4.79 Å². The highest BCUT2D eigenvalue weighted by Gasteiger charge is 2.25. The SMILES string of the molecule is COc1cccc(CNC(=O)N2CCC(CO)C2)c1. The van der Waals surface area contributed by atoms with E-state index in [1.165, 1.54) is 0 Å². The Bertz CT molecular complexity index is 436. The van der Waals surface area contributed by atoms with E-state index < -0.39 is 0 Å². The van der Waals surface area contributed by atoms with E-state index >= 15 is 0 Å². The summed E-state index contributed by atoms with van der Waals surface area (Å²) in [7, 11) is 1.62. The van der Waals surface area contributed by atoms with Crippen LogP contribution in [-0.2, 0) is 6.54 Å². The molecule has 1 aromatic carbocycles. The number of benzene rings is 1. The molecule has 0 aromatic heterocycles. The third-order valence-electron chi connectivity index (χ3n) is 3.41. The Labute approximate surface area is 113 Å². The minimum absolute atomic E-state index is 0.0706. The number of nitrogens with one attached hydrogen (secondary N) is 1. The molecule has 5 heteroatoms. The number of ether oxygens (including phenoxy) is 1. The normalized spacial score (nSPS) is 18.4. The highest BCUT2D eigenvalue weighted by Crippen LogP contribution is 2.16. The van der Waals surface area contributed by atoms with Crippen molar-refractivity contribution in [2.45, 2.75) is 13.0 Å². The van der Waals surface area contributed by atoms with E-state index in [1.54, 1.807) is 12.0 Å². The topological polar surface area (TPSA) is 61.8 Å². The van der Waals surface area contributed by atoms with Crippen molar-refractivity contribution in [1.29, 1.82) is 0 Å². The number of nitrogens with zero attached hydrogens (tertiary/aromatic N) is 1. The van der Waals surface area contributed by atoms with Crippen molar-refractivity contribution in [3.63, 3.8) is 0 Å². The fraction of sp³-hybridized carbons (Fsp3) is 0.500. The van der Waals surface area contributed by atoms with Crippen molar-refractivity contribution in [2.75, 3.05) is 26.8 Å². The first-order valence-electron chi connectivity index (χ1n) is 6.49. The number of carbonyl (C=O) groups excluding carboxylic acids is 1. The Kier molecular flexibility index (Phi) is 4.63. The molecule has 19 heavy (non-hydrogen) atoms. The minimum atomic E-state index is -0.0706. The summed E-state index contributed by atoms with van der Waals surface area (Å²) in [6, 6.07) is 7.55. The molecule has 0 bridgehead atoms. The van der Waals surface area contributed by atoms with Gasteiger partial charge in [-0.2, -0.15) is 0 Å². The minimum Gasteiger partial charge on any atom is -0.497 e. The molecule has 0 saturated carbocycles. The molecule has 1 fully saturated rings. The van der Waals surface area contributed by atoms with Crippen LogP contribution in [0.2, 0.25) is 0 Å². The molecular weight excluding hydrogens is 244 g/mol. The third-order valence-corrected chi connectivity index (χ3v) is 3.41. The molecule has 1 heterocycles. The number of carbonyl (C=O) groups is 1. The van der Waals surface area contributed by atoms with Gasteiger partial charge in [0, 0.05) is 32.2 Å². The molecule has 1 aliphatic heterocycles. The van der Waals surface area contributed by atoms with Gasteiger partial charge in [-0.05, 0) is 24.1 Å². The van der Waals surface area contributed by atoms with Gasteiger partial charge in [0.15, 0.2) is 0 Å². The van der Waals surface area contributed by atoms with E-state index in [0.29, 0.717) is 13.1 Å². The van der Waals surface area contributed by atoms with Crippen molar-refractivity contribution in [3.8, 4) is 5.75 Å². The molecule has 0 spiro atoms. The number of amides is 2. The second kappa shape index (κ2) is 6.43. The number of hydrogen-bond donors (Lipinski definition) is 2. The average Bonchev–Trinajstić information content (AvgIpc) is 2.94. The van der Waals surface area contributed by atoms with Crippen molar-refractivity contribution < 1.29 is 14.6 Å². The molecule has 104 valence electrons. The number of aliphatic hydroxyl groups excluding tert-OH is 1. The quantitative estimate of drug-likeness (QED) is 0.859. The van der Waals surface area contributed by atoms with E-state index in [0.717, 1.165) is 24.3 Å². The summed E-state index contributed by atoms with van der Waals surface area (Å²) in [6.07, 6.45) is 0.878. The molecule has 1 atom stereocenters. The molecular formula is C14H20N2O3. The molecule has 1 saturated heterocycles. The Morgan fingerprint density at radius 2 is 2.42 bits per heavy atom. The summed E-state index contributed by atoms with van der Waals surface area (Å²) in [5.74, 6) is 1.01. The van der Waals surface area contributed by atoms with Gasteiger partial charge in [-0.25, -0.2) is 4.79 Å². The van der Waals surface area contributed by atoms with Gasteiger partial charge >= 0.3 is 6.03 Å². The van der Waals surface area contributed by atoms with Crippen LogP contribution < -0.4 is 10.1 Å². The number of urea groups is 1. The second-order valence-corrected chi connectivity index (χ2v) is 4.79. The summed E-state index contributed by atoms with van der Waals surface area (Å²) >= 11 is 0. The molecule has 5 nitrogen and oxygen atoms in total. The Balaban J connectivity index is 1.83. The zero-order valence-corrected chi connectivity index (χ0v) is 11.1. The summed E-state index contributed by atoms with van der Waals surface area (Å²) in [5.41, 5.74) is 1.01. The summed E-state index contributed by atoms with van der Waals surface area (Å²) in [6.45, 7) is 1.99. The highest BCUT2D eigenvalue weighted by atomic mass is 16.5. The molecule has 0 aliphatic carbocycles. The van der Waals surface area contributed by atoms with Crippen LogP contribution in [-0.4, -0.2) is 42.8 Å². The fourth-order valence-electron chi connectivity index (χ4n) is 2.24. The summed E-state index contributed by atoms with van der Waals surface area (Å²) < 4.78 is 5.14. The Morgan fingerprint density at radius 3 is 3.11 bits per heavy atom. The molecule has 2 N–H and O–H groups in total. The van der Waals surface area contributed by atoms with E-state index in [1.807, 2.05) is 24.3 Å². The van der Waals surface area contributed by atoms with Crippen molar-refractivity contribution in [2.24, 2.45) is 5.92 Å². The van der Waals surface area contributed by atoms with Crippen molar-refractivity contribution in [1.82, 2.24) is 10.2 Å². The molecule has 1 unspecified atom stereocenters. The number of aliphatic hydroxyl groups is 1. The molecule has 1 aliphatic rings. The molecule has 2 rings (SSSR count). The van der Waals surface area contributed by atoms with E-state index in [4.69, 9.17) is 9.84 Å². The van der Waals surface area contributed by atoms with Gasteiger partial charge in [-0.1, -0.05) is 12.1 Å². The second-order valence-electron chi connectivity index (χ2n) is 4.79. The van der Waals surface area contributed by atoms with Gasteiger partial charge in [0.1, 0.15) is 5.75 Å². The van der Waals surface area contributed by atoms with Gasteiger partial charge < -0.3 is 20.1 Å². The highest BCUT2D eigenvalue weighted by molar-refractivity contribution is 5.74. The van der Waals surface area contributed by atoms with Crippen LogP contribution in [0.15, 0.2) is 24.3 Å². The lowest BCUT2D eigenvalue weighted by Gasteiger charge is -2.17. The molecule has 0 radical (unpaired) electrons. The van der Waals surface area contributed by atoms with Crippen LogP contribution >= 0.6 is 0 Å². The summed E-state index contributed by atoms with van der Waals surface area (Å²) in [4.78, 5) is 13.7. The maximum absolute atomic E-state index is 11.9. The first kappa shape index (κ1) is 13.7. The average molecular weight is 264 g/mol. The number of hydrogen-bond acceptors (Lipinski definition) is 3. The lowest BCUT2D eigenvalue weighted by molar-refractivity contribution is 0.198. The van der Waals surface area contributed by atoms with E-state index in [-0.39, 0.29) is 18.6 Å². The predicted octanol–water partition coefficient (Wildman–Crippen LogP) is 1.22. The first-order chi connectivity index (χ1) is 9.22. The van der Waals surface area contributed by atoms with Gasteiger partial charge in [0.2, 0.25) is 0 Å². The van der Waals surface area contributed by atoms with Gasteiger partial charge in [-0.15, -0.1) is 0 Å². The summed E-state index contributed by atoms with van der Waals surface area (Å²) in [5, 5.41) is 11.9. The van der Waals surface area contributed by atoms with Crippen LogP contribution in [0.25, 0.3) is 0 Å². The number of methoxy groups -OCH3 is 1. The van der Waals surface area contributed by atoms with Crippen molar-refractivity contribution in [3.05, 3.63) is 29.8 Å². The smallest absolute Gasteiger partial charge is 0.317 e. The number of rotatable bonds is 4. The predicted molar refractivity (Wildman–Crippen MR) is 72.0 cm³/mol. The maximum Gasteiger partial charge on any atom is 0.317 e. The van der Waals surface area contributed by atoms with Gasteiger partial charge in [0.05, 0.1) is 7.11 Å². The fourth-order valence-corrected chi connectivity index (χ4v) is 2.24. The lowest BCUT2D eigenvalue weighted by Crippen LogP contribution is -2.38. The first-order valence-corrected chi connectivity index (χ1v) is 6.49. The lowest BCUT2D eigenvalue weighted by atomic mass is 10.1. The zero-order chi connectivity index (χ0) is 13.7. The zero-order valence-electron chi connectivity index (χ0n) is 11.1. The monoisotopic (exact) mass is 264 g/mol. The van der Waals surface area contributed by atoms with E-state index in [2.05, 4.69) is 5.32 Å². The Morgan fingerprint density at radius 1 is 1.58 bits per heavy atom. The third kappa shape index (κ3) is 3.61. The standard InChI is InChI=1S/C14H20N2O3/c1-19-13-4-2-3-11(7-13)8-15-14(18)16-6-5-12(9-16)10-17/h2-4,7,12,17H,5-6,8-10H2,1H3,(H,15,18). The Hall–Kier alpha value is -1.75. The van der Waals surface area contributed by atoms with Gasteiger partial charge in [-0.3, -0.25) is 0 Å². The maximum atomic E-state index is 11.9.